The maximum atomic E-state index is 13.0. The second-order valence-electron chi connectivity index (χ2n) is 13.6. The molecule has 3 aliphatic carbocycles. The zero-order valence-corrected chi connectivity index (χ0v) is 25.3. The Kier molecular flexibility index (Phi) is 9.29. The number of hydrogen-bond acceptors (Lipinski definition) is 3. The lowest BCUT2D eigenvalue weighted by Crippen LogP contribution is -2.47. The van der Waals surface area contributed by atoms with Crippen molar-refractivity contribution in [3.63, 3.8) is 0 Å². The zero-order chi connectivity index (χ0) is 27.5. The fraction of sp³-hybridized carbons (Fsp3) is 0.657. The van der Waals surface area contributed by atoms with E-state index in [1.54, 1.807) is 0 Å². The van der Waals surface area contributed by atoms with Crippen molar-refractivity contribution in [2.75, 3.05) is 12.8 Å². The second-order valence-corrected chi connectivity index (χ2v) is 16.7. The zero-order valence-electron chi connectivity index (χ0n) is 24.4. The summed E-state index contributed by atoms with van der Waals surface area (Å²) in [7, 11) is -2.21. The van der Waals surface area contributed by atoms with Crippen LogP contribution >= 0.6 is 7.14 Å². The molecule has 3 aliphatic rings. The molecule has 214 valence electrons. The number of phenols is 1. The Morgan fingerprint density at radius 2 is 1.59 bits per heavy atom. The molecular weight excluding hydrogens is 499 g/mol. The van der Waals surface area contributed by atoms with Gasteiger partial charge in [0.1, 0.15) is 12.9 Å². The molecule has 0 aromatic heterocycles. The first kappa shape index (κ1) is 28.9. The van der Waals surface area contributed by atoms with Crippen molar-refractivity contribution < 1.29 is 14.8 Å². The van der Waals surface area contributed by atoms with Gasteiger partial charge in [0.05, 0.1) is 6.10 Å². The quantitative estimate of drug-likeness (QED) is 0.205. The maximum Gasteiger partial charge on any atom is 0.115 e. The molecule has 2 aromatic carbocycles. The minimum atomic E-state index is -2.21. The van der Waals surface area contributed by atoms with Crippen molar-refractivity contribution in [2.24, 2.45) is 23.2 Å². The van der Waals surface area contributed by atoms with E-state index >= 15 is 0 Å². The standard InChI is InChI=1S/C35H51O3P/c1-35-22-21-31-30-18-17-28(36)25-27(30)24-26(34(31)32(35)19-20-33(35)37)14-10-7-5-3-4-6-8-13-23-39(2,38)29-15-11-9-12-16-29/h9,11-12,15-18,25-26,31-34,36-37H,3-8,10,13-14,19-24H2,1-2H3/t26-,31-,32+,33+,34-,35+,39?/m1/s1. The van der Waals surface area contributed by atoms with Crippen LogP contribution in [-0.4, -0.2) is 29.1 Å². The van der Waals surface area contributed by atoms with Crippen LogP contribution in [-0.2, 0) is 11.0 Å². The van der Waals surface area contributed by atoms with Crippen LogP contribution < -0.4 is 5.30 Å². The highest BCUT2D eigenvalue weighted by Gasteiger charge is 2.56. The van der Waals surface area contributed by atoms with Crippen LogP contribution in [0.25, 0.3) is 0 Å². The molecule has 0 heterocycles. The van der Waals surface area contributed by atoms with Gasteiger partial charge in [0.2, 0.25) is 0 Å². The molecule has 0 spiro atoms. The van der Waals surface area contributed by atoms with Crippen LogP contribution in [0.5, 0.6) is 5.75 Å². The number of hydrogen-bond donors (Lipinski definition) is 2. The van der Waals surface area contributed by atoms with E-state index in [0.29, 0.717) is 29.4 Å². The molecule has 0 saturated heterocycles. The van der Waals surface area contributed by atoms with Crippen molar-refractivity contribution in [2.45, 2.75) is 109 Å². The number of aliphatic hydroxyl groups excluding tert-OH is 1. The fourth-order valence-corrected chi connectivity index (χ4v) is 10.7. The van der Waals surface area contributed by atoms with Crippen molar-refractivity contribution in [3.05, 3.63) is 59.7 Å². The number of fused-ring (bicyclic) bond motifs is 5. The summed E-state index contributed by atoms with van der Waals surface area (Å²) in [4.78, 5) is 0. The summed E-state index contributed by atoms with van der Waals surface area (Å²) in [5, 5.41) is 22.1. The first-order chi connectivity index (χ1) is 18.8. The van der Waals surface area contributed by atoms with Crippen LogP contribution in [0.4, 0.5) is 0 Å². The van der Waals surface area contributed by atoms with Crippen molar-refractivity contribution in [1.82, 2.24) is 0 Å². The van der Waals surface area contributed by atoms with Crippen LogP contribution in [0.3, 0.4) is 0 Å². The summed E-state index contributed by atoms with van der Waals surface area (Å²) < 4.78 is 13.0. The van der Waals surface area contributed by atoms with E-state index in [2.05, 4.69) is 13.0 Å². The van der Waals surface area contributed by atoms with Gasteiger partial charge in [-0.3, -0.25) is 0 Å². The summed E-state index contributed by atoms with van der Waals surface area (Å²) in [5.41, 5.74) is 2.97. The third kappa shape index (κ3) is 6.36. The minimum Gasteiger partial charge on any atom is -0.508 e. The topological polar surface area (TPSA) is 57.5 Å². The number of unbranched alkanes of at least 4 members (excludes halogenated alkanes) is 7. The smallest absolute Gasteiger partial charge is 0.115 e. The third-order valence-corrected chi connectivity index (χ3v) is 13.6. The highest BCUT2D eigenvalue weighted by atomic mass is 31.2. The van der Waals surface area contributed by atoms with Crippen molar-refractivity contribution >= 4 is 12.4 Å². The Bertz CT molecular complexity index is 1130. The molecule has 7 atom stereocenters. The van der Waals surface area contributed by atoms with E-state index in [0.717, 1.165) is 37.1 Å². The predicted molar refractivity (Wildman–Crippen MR) is 164 cm³/mol. The Morgan fingerprint density at radius 3 is 2.33 bits per heavy atom. The molecule has 1 unspecified atom stereocenters. The highest BCUT2D eigenvalue weighted by Crippen LogP contribution is 2.62. The van der Waals surface area contributed by atoms with Gasteiger partial charge in [-0.15, -0.1) is 0 Å². The van der Waals surface area contributed by atoms with E-state index in [1.807, 2.05) is 49.1 Å². The van der Waals surface area contributed by atoms with Crippen LogP contribution in [0.15, 0.2) is 48.5 Å². The summed E-state index contributed by atoms with van der Waals surface area (Å²) >= 11 is 0. The summed E-state index contributed by atoms with van der Waals surface area (Å²) in [6.07, 6.45) is 17.6. The monoisotopic (exact) mass is 550 g/mol. The molecule has 2 aromatic rings. The molecule has 3 nitrogen and oxygen atoms in total. The molecule has 39 heavy (non-hydrogen) atoms. The predicted octanol–water partition coefficient (Wildman–Crippen LogP) is 8.66. The Hall–Kier alpha value is -1.57. The normalized spacial score (nSPS) is 31.2. The number of rotatable bonds is 12. The summed E-state index contributed by atoms with van der Waals surface area (Å²) in [5.74, 6) is 3.00. The second kappa shape index (κ2) is 12.5. The van der Waals surface area contributed by atoms with Gasteiger partial charge in [-0.05, 0) is 104 Å². The van der Waals surface area contributed by atoms with E-state index in [1.165, 1.54) is 75.3 Å². The lowest BCUT2D eigenvalue weighted by atomic mass is 9.52. The SMILES string of the molecule is C[C@]12CC[C@@H]3c4ccc(O)cc4C[C@@H](CCCCCCCCCCP(C)(=O)c4ccccc4)[C@H]3[C@@H]1CC[C@@H]2O. The van der Waals surface area contributed by atoms with Crippen molar-refractivity contribution in [3.8, 4) is 5.75 Å². The number of aromatic hydroxyl groups is 1. The summed E-state index contributed by atoms with van der Waals surface area (Å²) in [6.45, 7) is 4.32. The van der Waals surface area contributed by atoms with Gasteiger partial charge in [0.25, 0.3) is 0 Å². The molecule has 2 N–H and O–H groups in total. The minimum absolute atomic E-state index is 0.0977. The molecule has 2 fully saturated rings. The first-order valence-electron chi connectivity index (χ1n) is 15.9. The van der Waals surface area contributed by atoms with Gasteiger partial charge < -0.3 is 14.8 Å². The van der Waals surface area contributed by atoms with Gasteiger partial charge in [-0.25, -0.2) is 0 Å². The number of benzene rings is 2. The van der Waals surface area contributed by atoms with Crippen LogP contribution in [0, 0.1) is 23.2 Å². The van der Waals surface area contributed by atoms with E-state index in [4.69, 9.17) is 0 Å². The van der Waals surface area contributed by atoms with E-state index in [-0.39, 0.29) is 11.5 Å². The lowest BCUT2D eigenvalue weighted by Gasteiger charge is -2.53. The number of phenolic OH excluding ortho intramolecular Hbond substituents is 1. The largest absolute Gasteiger partial charge is 0.508 e. The van der Waals surface area contributed by atoms with Crippen LogP contribution in [0.2, 0.25) is 0 Å². The molecule has 2 saturated carbocycles. The molecule has 0 radical (unpaired) electrons. The molecule has 5 rings (SSSR count). The maximum absolute atomic E-state index is 13.0. The van der Waals surface area contributed by atoms with Gasteiger partial charge in [0.15, 0.2) is 0 Å². The van der Waals surface area contributed by atoms with E-state index in [9.17, 15) is 14.8 Å². The third-order valence-electron chi connectivity index (χ3n) is 11.0. The molecular formula is C35H51O3P. The highest BCUT2D eigenvalue weighted by molar-refractivity contribution is 7.70. The van der Waals surface area contributed by atoms with Gasteiger partial charge in [0, 0.05) is 11.5 Å². The van der Waals surface area contributed by atoms with Crippen molar-refractivity contribution in [1.29, 1.82) is 0 Å². The van der Waals surface area contributed by atoms with Gasteiger partial charge >= 0.3 is 0 Å². The van der Waals surface area contributed by atoms with Gasteiger partial charge in [-0.1, -0.05) is 88.3 Å². The average Bonchev–Trinajstić information content (AvgIpc) is 3.23. The summed E-state index contributed by atoms with van der Waals surface area (Å²) in [6, 6.07) is 16.1. The Morgan fingerprint density at radius 1 is 0.897 bits per heavy atom. The first-order valence-corrected chi connectivity index (χ1v) is 18.3. The lowest BCUT2D eigenvalue weighted by molar-refractivity contribution is -0.0396. The van der Waals surface area contributed by atoms with Gasteiger partial charge in [-0.2, -0.15) is 0 Å². The fourth-order valence-electron chi connectivity index (χ4n) is 8.78. The Labute approximate surface area is 237 Å². The molecule has 0 aliphatic heterocycles. The molecule has 0 amide bonds. The van der Waals surface area contributed by atoms with E-state index < -0.39 is 7.14 Å². The number of aliphatic hydroxyl groups is 1. The molecule has 0 bridgehead atoms. The van der Waals surface area contributed by atoms with Crippen LogP contribution in [0.1, 0.15) is 107 Å². The average molecular weight is 551 g/mol. The Balaban J connectivity index is 1.06. The molecule has 4 heteroatoms.